The molecule has 0 fully saturated rings. The van der Waals surface area contributed by atoms with Gasteiger partial charge in [0.25, 0.3) is 0 Å². The van der Waals surface area contributed by atoms with E-state index < -0.39 is 0 Å². The van der Waals surface area contributed by atoms with Crippen LogP contribution in [0.3, 0.4) is 0 Å². The standard InChI is InChI=1S/C18H17Cl2NO4/c1-23-16-8-11(9-17(24-2)18(16)25-3)15(22)6-7-21-14-10-12(19)4-5-13(14)20/h4-10,21H,1-3H3. The molecule has 0 spiro atoms. The second-order valence-electron chi connectivity index (χ2n) is 4.88. The van der Waals surface area contributed by atoms with Crippen molar-refractivity contribution in [2.45, 2.75) is 0 Å². The highest BCUT2D eigenvalue weighted by Gasteiger charge is 2.15. The fraction of sp³-hybridized carbons (Fsp3) is 0.167. The maximum absolute atomic E-state index is 12.4. The van der Waals surface area contributed by atoms with Crippen molar-refractivity contribution >= 4 is 34.7 Å². The molecule has 0 radical (unpaired) electrons. The van der Waals surface area contributed by atoms with Crippen molar-refractivity contribution in [2.75, 3.05) is 26.6 Å². The molecular weight excluding hydrogens is 365 g/mol. The molecule has 0 aromatic heterocycles. The predicted octanol–water partition coefficient (Wildman–Crippen LogP) is 4.83. The van der Waals surface area contributed by atoms with E-state index in [9.17, 15) is 4.79 Å². The second-order valence-corrected chi connectivity index (χ2v) is 5.72. The van der Waals surface area contributed by atoms with Crippen molar-refractivity contribution < 1.29 is 19.0 Å². The van der Waals surface area contributed by atoms with E-state index in [4.69, 9.17) is 37.4 Å². The van der Waals surface area contributed by atoms with Crippen LogP contribution in [0, 0.1) is 0 Å². The highest BCUT2D eigenvalue weighted by Crippen LogP contribution is 2.38. The Hall–Kier alpha value is -2.37. The predicted molar refractivity (Wildman–Crippen MR) is 99.7 cm³/mol. The Labute approximate surface area is 156 Å². The zero-order chi connectivity index (χ0) is 18.4. The number of carbonyl (C=O) groups excluding carboxylic acids is 1. The van der Waals surface area contributed by atoms with Crippen molar-refractivity contribution in [3.8, 4) is 17.2 Å². The molecule has 0 atom stereocenters. The number of hydrogen-bond donors (Lipinski definition) is 1. The van der Waals surface area contributed by atoms with Gasteiger partial charge in [0, 0.05) is 22.9 Å². The summed E-state index contributed by atoms with van der Waals surface area (Å²) in [6, 6.07) is 8.18. The third-order valence-corrected chi connectivity index (χ3v) is 3.92. The van der Waals surface area contributed by atoms with Gasteiger partial charge in [0.05, 0.1) is 32.0 Å². The molecule has 7 heteroatoms. The first-order chi connectivity index (χ1) is 12.0. The first-order valence-corrected chi connectivity index (χ1v) is 7.98. The van der Waals surface area contributed by atoms with E-state index in [0.29, 0.717) is 38.5 Å². The van der Waals surface area contributed by atoms with Gasteiger partial charge in [-0.2, -0.15) is 0 Å². The van der Waals surface area contributed by atoms with Crippen LogP contribution in [0.25, 0.3) is 0 Å². The Balaban J connectivity index is 2.21. The molecule has 1 N–H and O–H groups in total. The van der Waals surface area contributed by atoms with Crippen LogP contribution in [0.1, 0.15) is 10.4 Å². The molecule has 0 amide bonds. The maximum atomic E-state index is 12.4. The van der Waals surface area contributed by atoms with Crippen LogP contribution in [0.5, 0.6) is 17.2 Å². The third-order valence-electron chi connectivity index (χ3n) is 3.35. The summed E-state index contributed by atoms with van der Waals surface area (Å²) in [5.41, 5.74) is 0.993. The maximum Gasteiger partial charge on any atom is 0.203 e. The molecule has 5 nitrogen and oxygen atoms in total. The monoisotopic (exact) mass is 381 g/mol. The Kier molecular flexibility index (Phi) is 6.56. The number of rotatable bonds is 7. The average Bonchev–Trinajstić information content (AvgIpc) is 2.62. The van der Waals surface area contributed by atoms with Crippen molar-refractivity contribution in [3.05, 3.63) is 58.2 Å². The van der Waals surface area contributed by atoms with Crippen LogP contribution in [-0.4, -0.2) is 27.1 Å². The summed E-state index contributed by atoms with van der Waals surface area (Å²) in [6.45, 7) is 0. The second kappa shape index (κ2) is 8.65. The molecule has 0 aliphatic rings. The number of methoxy groups -OCH3 is 3. The van der Waals surface area contributed by atoms with Crippen LogP contribution >= 0.6 is 23.2 Å². The number of allylic oxidation sites excluding steroid dienone is 1. The summed E-state index contributed by atoms with van der Waals surface area (Å²) in [4.78, 5) is 12.4. The molecule has 0 saturated carbocycles. The lowest BCUT2D eigenvalue weighted by Crippen LogP contribution is -2.01. The van der Waals surface area contributed by atoms with Gasteiger partial charge in [-0.3, -0.25) is 4.79 Å². The molecule has 132 valence electrons. The number of benzene rings is 2. The molecule has 2 aromatic rings. The summed E-state index contributed by atoms with van der Waals surface area (Å²) >= 11 is 12.0. The Morgan fingerprint density at radius 3 is 2.20 bits per heavy atom. The van der Waals surface area contributed by atoms with Crippen molar-refractivity contribution in [3.63, 3.8) is 0 Å². The minimum atomic E-state index is -0.245. The molecule has 0 aliphatic heterocycles. The smallest absolute Gasteiger partial charge is 0.203 e. The number of halogens is 2. The van der Waals surface area contributed by atoms with Gasteiger partial charge in [-0.1, -0.05) is 23.2 Å². The fourth-order valence-electron chi connectivity index (χ4n) is 2.13. The summed E-state index contributed by atoms with van der Waals surface area (Å²) in [6.07, 6.45) is 2.86. The summed E-state index contributed by atoms with van der Waals surface area (Å²) in [5.74, 6) is 0.994. The lowest BCUT2D eigenvalue weighted by molar-refractivity contribution is 0.104. The molecule has 0 saturated heterocycles. The minimum absolute atomic E-state index is 0.245. The van der Waals surface area contributed by atoms with Gasteiger partial charge >= 0.3 is 0 Å². The number of carbonyl (C=O) groups is 1. The van der Waals surface area contributed by atoms with Crippen molar-refractivity contribution in [1.82, 2.24) is 0 Å². The van der Waals surface area contributed by atoms with E-state index in [1.54, 1.807) is 30.3 Å². The lowest BCUT2D eigenvalue weighted by atomic mass is 10.1. The van der Waals surface area contributed by atoms with Gasteiger partial charge in [-0.05, 0) is 30.3 Å². The molecule has 2 rings (SSSR count). The molecular formula is C18H17Cl2NO4. The Bertz CT molecular complexity index is 781. The Morgan fingerprint density at radius 2 is 1.64 bits per heavy atom. The van der Waals surface area contributed by atoms with Gasteiger partial charge in [-0.25, -0.2) is 0 Å². The van der Waals surface area contributed by atoms with Gasteiger partial charge in [0.2, 0.25) is 5.75 Å². The van der Waals surface area contributed by atoms with Crippen LogP contribution in [-0.2, 0) is 0 Å². The average molecular weight is 382 g/mol. The summed E-state index contributed by atoms with van der Waals surface area (Å²) in [7, 11) is 4.48. The zero-order valence-electron chi connectivity index (χ0n) is 13.9. The minimum Gasteiger partial charge on any atom is -0.493 e. The lowest BCUT2D eigenvalue weighted by Gasteiger charge is -2.13. The summed E-state index contributed by atoms with van der Waals surface area (Å²) < 4.78 is 15.7. The third kappa shape index (κ3) is 4.59. The number of ether oxygens (including phenoxy) is 3. The number of ketones is 1. The quantitative estimate of drug-likeness (QED) is 0.549. The van der Waals surface area contributed by atoms with Crippen molar-refractivity contribution in [1.29, 1.82) is 0 Å². The fourth-order valence-corrected chi connectivity index (χ4v) is 2.48. The van der Waals surface area contributed by atoms with E-state index >= 15 is 0 Å². The molecule has 0 heterocycles. The van der Waals surface area contributed by atoms with E-state index in [0.717, 1.165) is 0 Å². The van der Waals surface area contributed by atoms with Crippen LogP contribution < -0.4 is 19.5 Å². The first-order valence-electron chi connectivity index (χ1n) is 7.22. The van der Waals surface area contributed by atoms with Gasteiger partial charge in [0.1, 0.15) is 0 Å². The molecule has 0 bridgehead atoms. The Morgan fingerprint density at radius 1 is 1.00 bits per heavy atom. The normalized spacial score (nSPS) is 10.6. The van der Waals surface area contributed by atoms with Crippen LogP contribution in [0.2, 0.25) is 10.0 Å². The number of anilines is 1. The van der Waals surface area contributed by atoms with E-state index in [-0.39, 0.29) is 5.78 Å². The zero-order valence-corrected chi connectivity index (χ0v) is 15.4. The van der Waals surface area contributed by atoms with Crippen LogP contribution in [0.15, 0.2) is 42.6 Å². The summed E-state index contributed by atoms with van der Waals surface area (Å²) in [5, 5.41) is 3.96. The molecule has 0 aliphatic carbocycles. The number of nitrogens with one attached hydrogen (secondary N) is 1. The van der Waals surface area contributed by atoms with E-state index in [2.05, 4.69) is 5.32 Å². The molecule has 0 unspecified atom stereocenters. The van der Waals surface area contributed by atoms with Crippen molar-refractivity contribution in [2.24, 2.45) is 0 Å². The van der Waals surface area contributed by atoms with Gasteiger partial charge in [-0.15, -0.1) is 0 Å². The first kappa shape index (κ1) is 19.0. The van der Waals surface area contributed by atoms with Crippen LogP contribution in [0.4, 0.5) is 5.69 Å². The van der Waals surface area contributed by atoms with E-state index in [1.165, 1.54) is 33.6 Å². The topological polar surface area (TPSA) is 56.8 Å². The van der Waals surface area contributed by atoms with Gasteiger partial charge in [0.15, 0.2) is 17.3 Å². The molecule has 2 aromatic carbocycles. The highest BCUT2D eigenvalue weighted by atomic mass is 35.5. The number of hydrogen-bond acceptors (Lipinski definition) is 5. The SMILES string of the molecule is COc1cc(C(=O)C=CNc2cc(Cl)ccc2Cl)cc(OC)c1OC. The van der Waals surface area contributed by atoms with Gasteiger partial charge < -0.3 is 19.5 Å². The van der Waals surface area contributed by atoms with E-state index in [1.807, 2.05) is 0 Å². The highest BCUT2D eigenvalue weighted by molar-refractivity contribution is 6.35. The largest absolute Gasteiger partial charge is 0.493 e. The molecule has 25 heavy (non-hydrogen) atoms.